The summed E-state index contributed by atoms with van der Waals surface area (Å²) in [5.41, 5.74) is 7.29. The molecule has 0 aromatic heterocycles. The van der Waals surface area contributed by atoms with Gasteiger partial charge < -0.3 is 30.9 Å². The number of nitrogens with one attached hydrogen (secondary N) is 2. The molecule has 0 radical (unpaired) electrons. The van der Waals surface area contributed by atoms with Crippen molar-refractivity contribution >= 4 is 29.2 Å². The number of carboxylic acid groups (broad SMARTS) is 1. The van der Waals surface area contributed by atoms with Crippen molar-refractivity contribution in [3.63, 3.8) is 0 Å². The average molecular weight is 705 g/mol. The highest BCUT2D eigenvalue weighted by molar-refractivity contribution is 6.05. The summed E-state index contributed by atoms with van der Waals surface area (Å²) >= 11 is 0. The molecule has 0 heterocycles. The molecule has 0 aliphatic heterocycles. The molecule has 0 unspecified atom stereocenters. The number of hydrogen-bond donors (Lipinski definition) is 4. The highest BCUT2D eigenvalue weighted by Gasteiger charge is 2.32. The van der Waals surface area contributed by atoms with Gasteiger partial charge >= 0.3 is 18.7 Å². The largest absolute Gasteiger partial charge is 0.573 e. The molecule has 0 saturated heterocycles. The van der Waals surface area contributed by atoms with Gasteiger partial charge in [-0.25, -0.2) is 0 Å². The van der Waals surface area contributed by atoms with E-state index < -0.39 is 48.0 Å². The molecule has 10 nitrogen and oxygen atoms in total. The number of para-hydroxylation sites is 2. The predicted molar refractivity (Wildman–Crippen MR) is 169 cm³/mol. The maximum Gasteiger partial charge on any atom is 0.573 e. The lowest BCUT2D eigenvalue weighted by atomic mass is 10.1. The molecule has 0 bridgehead atoms. The molecule has 4 aromatic carbocycles. The minimum Gasteiger partial charge on any atom is -0.480 e. The molecule has 5 N–H and O–H groups in total. The van der Waals surface area contributed by atoms with Gasteiger partial charge in [-0.05, 0) is 66.1 Å². The molecule has 16 heteroatoms. The van der Waals surface area contributed by atoms with Crippen LogP contribution in [0.2, 0.25) is 0 Å². The van der Waals surface area contributed by atoms with Crippen molar-refractivity contribution in [2.45, 2.75) is 38.3 Å². The number of hydrogen-bond acceptors (Lipinski definition) is 7. The van der Waals surface area contributed by atoms with Crippen LogP contribution in [-0.4, -0.2) is 53.1 Å². The van der Waals surface area contributed by atoms with E-state index in [9.17, 15) is 45.8 Å². The fourth-order valence-corrected chi connectivity index (χ4v) is 4.76. The number of anilines is 2. The number of benzene rings is 4. The minimum absolute atomic E-state index is 0.0103. The maximum absolute atomic E-state index is 13.1. The van der Waals surface area contributed by atoms with E-state index >= 15 is 0 Å². The molecule has 264 valence electrons. The molecule has 2 amide bonds. The summed E-state index contributed by atoms with van der Waals surface area (Å²) in [5.74, 6) is -3.82. The van der Waals surface area contributed by atoms with Crippen LogP contribution in [-0.2, 0) is 17.9 Å². The van der Waals surface area contributed by atoms with Crippen LogP contribution in [0.15, 0.2) is 97.1 Å². The maximum atomic E-state index is 13.1. The molecular formula is C34H30F6N4O6. The Hall–Kier alpha value is -5.61. The topological polar surface area (TPSA) is 143 Å². The second kappa shape index (κ2) is 16.2. The Balaban J connectivity index is 1.56. The zero-order chi connectivity index (χ0) is 36.5. The van der Waals surface area contributed by atoms with Crippen molar-refractivity contribution in [1.82, 2.24) is 4.90 Å². The molecule has 1 atom stereocenters. The number of aliphatic carboxylic acids is 1. The standard InChI is InChI=1S/C34H30F6N4O6/c35-33(36,37)49-25-11-5-9-21(17-25)30(45)42-28-13-3-1-7-23(28)19-44(16-15-27(41)32(47)48)20-24-8-2-4-14-29(24)43-31(46)22-10-6-12-26(18-22)50-34(38,39)40/h1-14,17-18,27H,15-16,19-20,41H2,(H,42,45)(H,43,46)(H,47,48)/t27-/m0/s1. The van der Waals surface area contributed by atoms with Gasteiger partial charge in [0, 0.05) is 42.1 Å². The highest BCUT2D eigenvalue weighted by Crippen LogP contribution is 2.27. The number of carbonyl (C=O) groups excluding carboxylic acids is 2. The van der Waals surface area contributed by atoms with Crippen LogP contribution in [0, 0.1) is 0 Å². The number of nitrogens with two attached hydrogens (primary N) is 1. The van der Waals surface area contributed by atoms with E-state index in [1.54, 1.807) is 53.4 Å². The lowest BCUT2D eigenvalue weighted by molar-refractivity contribution is -0.275. The molecule has 0 spiro atoms. The first-order valence-electron chi connectivity index (χ1n) is 14.8. The number of ether oxygens (including phenoxy) is 2. The SMILES string of the molecule is N[C@@H](CCN(Cc1ccccc1NC(=O)c1cccc(OC(F)(F)F)c1)Cc1ccccc1NC(=O)c1cccc(OC(F)(F)F)c1)C(=O)O. The van der Waals surface area contributed by atoms with Crippen LogP contribution in [0.4, 0.5) is 37.7 Å². The van der Waals surface area contributed by atoms with Gasteiger partial charge in [0.15, 0.2) is 0 Å². The van der Waals surface area contributed by atoms with Crippen LogP contribution in [0.5, 0.6) is 11.5 Å². The first-order chi connectivity index (χ1) is 23.6. The third kappa shape index (κ3) is 11.5. The molecule has 0 saturated carbocycles. The molecule has 0 aliphatic rings. The number of halogens is 6. The summed E-state index contributed by atoms with van der Waals surface area (Å²) in [7, 11) is 0. The first-order valence-corrected chi connectivity index (χ1v) is 14.8. The smallest absolute Gasteiger partial charge is 0.480 e. The zero-order valence-electron chi connectivity index (χ0n) is 25.9. The Morgan fingerprint density at radius 2 is 1.10 bits per heavy atom. The Morgan fingerprint density at radius 1 is 0.680 bits per heavy atom. The van der Waals surface area contributed by atoms with E-state index in [1.165, 1.54) is 24.3 Å². The van der Waals surface area contributed by atoms with E-state index in [2.05, 4.69) is 20.1 Å². The minimum atomic E-state index is -4.95. The summed E-state index contributed by atoms with van der Waals surface area (Å²) in [6.45, 7) is 0.351. The third-order valence-electron chi connectivity index (χ3n) is 7.05. The molecule has 50 heavy (non-hydrogen) atoms. The number of amides is 2. The van der Waals surface area contributed by atoms with Crippen molar-refractivity contribution in [2.24, 2.45) is 5.73 Å². The van der Waals surface area contributed by atoms with Crippen LogP contribution < -0.4 is 25.8 Å². The molecule has 0 fully saturated rings. The third-order valence-corrected chi connectivity index (χ3v) is 7.05. The van der Waals surface area contributed by atoms with E-state index in [0.29, 0.717) is 22.5 Å². The summed E-state index contributed by atoms with van der Waals surface area (Å²) < 4.78 is 84.1. The normalized spacial score (nSPS) is 12.2. The number of nitrogens with zero attached hydrogens (tertiary/aromatic N) is 1. The van der Waals surface area contributed by atoms with Crippen molar-refractivity contribution in [2.75, 3.05) is 17.2 Å². The molecule has 0 aliphatic carbocycles. The van der Waals surface area contributed by atoms with Crippen LogP contribution in [0.25, 0.3) is 0 Å². The van der Waals surface area contributed by atoms with E-state index in [-0.39, 0.29) is 37.2 Å². The average Bonchev–Trinajstić information content (AvgIpc) is 3.03. The van der Waals surface area contributed by atoms with Crippen molar-refractivity contribution in [3.05, 3.63) is 119 Å². The zero-order valence-corrected chi connectivity index (χ0v) is 25.9. The summed E-state index contributed by atoms with van der Waals surface area (Å²) in [6.07, 6.45) is -9.89. The van der Waals surface area contributed by atoms with E-state index in [4.69, 9.17) is 5.73 Å². The molecule has 4 aromatic rings. The second-order valence-electron chi connectivity index (χ2n) is 10.8. The number of carbonyl (C=O) groups is 3. The number of rotatable bonds is 14. The van der Waals surface area contributed by atoms with Crippen molar-refractivity contribution < 1.29 is 55.3 Å². The number of alkyl halides is 6. The predicted octanol–water partition coefficient (Wildman–Crippen LogP) is 6.79. The fraction of sp³-hybridized carbons (Fsp3) is 0.206. The Kier molecular flexibility index (Phi) is 12.1. The summed E-state index contributed by atoms with van der Waals surface area (Å²) in [5, 5.41) is 14.7. The highest BCUT2D eigenvalue weighted by atomic mass is 19.4. The number of carboxylic acids is 1. The van der Waals surface area contributed by atoms with Crippen LogP contribution in [0.3, 0.4) is 0 Å². The molecular weight excluding hydrogens is 674 g/mol. The second-order valence-corrected chi connectivity index (χ2v) is 10.8. The van der Waals surface area contributed by atoms with E-state index in [1.807, 2.05) is 0 Å². The van der Waals surface area contributed by atoms with Gasteiger partial charge in [0.1, 0.15) is 17.5 Å². The van der Waals surface area contributed by atoms with Crippen LogP contribution >= 0.6 is 0 Å². The van der Waals surface area contributed by atoms with Gasteiger partial charge in [0.25, 0.3) is 11.8 Å². The summed E-state index contributed by atoms with van der Waals surface area (Å²) in [4.78, 5) is 39.4. The first kappa shape index (κ1) is 37.2. The van der Waals surface area contributed by atoms with Gasteiger partial charge in [-0.2, -0.15) is 0 Å². The van der Waals surface area contributed by atoms with Gasteiger partial charge in [-0.3, -0.25) is 19.3 Å². The van der Waals surface area contributed by atoms with Crippen molar-refractivity contribution in [1.29, 1.82) is 0 Å². The van der Waals surface area contributed by atoms with Gasteiger partial charge in [-0.15, -0.1) is 26.3 Å². The van der Waals surface area contributed by atoms with Gasteiger partial charge in [-0.1, -0.05) is 48.5 Å². The quantitative estimate of drug-likeness (QED) is 0.105. The lowest BCUT2D eigenvalue weighted by Gasteiger charge is -2.26. The van der Waals surface area contributed by atoms with Gasteiger partial charge in [0.05, 0.1) is 0 Å². The monoisotopic (exact) mass is 704 g/mol. The Morgan fingerprint density at radius 3 is 1.50 bits per heavy atom. The summed E-state index contributed by atoms with van der Waals surface area (Å²) in [6, 6.07) is 21.0. The Labute approximate surface area is 281 Å². The Bertz CT molecular complexity index is 1700. The van der Waals surface area contributed by atoms with Crippen LogP contribution in [0.1, 0.15) is 38.3 Å². The van der Waals surface area contributed by atoms with Crippen molar-refractivity contribution in [3.8, 4) is 11.5 Å². The van der Waals surface area contributed by atoms with Gasteiger partial charge in [0.2, 0.25) is 0 Å². The fourth-order valence-electron chi connectivity index (χ4n) is 4.76. The van der Waals surface area contributed by atoms with E-state index in [0.717, 1.165) is 24.3 Å². The lowest BCUT2D eigenvalue weighted by Crippen LogP contribution is -2.35. The molecule has 4 rings (SSSR count).